The first kappa shape index (κ1) is 18.5. The molecule has 0 unspecified atom stereocenters. The number of anilines is 1. The first-order valence-corrected chi connectivity index (χ1v) is 9.60. The summed E-state index contributed by atoms with van der Waals surface area (Å²) in [6, 6.07) is 7.22. The van der Waals surface area contributed by atoms with E-state index in [0.717, 1.165) is 25.0 Å². The molecule has 0 bridgehead atoms. The van der Waals surface area contributed by atoms with E-state index in [1.165, 1.54) is 0 Å². The number of methoxy groups -OCH3 is 1. The number of rotatable bonds is 4. The van der Waals surface area contributed by atoms with Gasteiger partial charge in [0.05, 0.1) is 31.7 Å². The molecule has 0 spiro atoms. The van der Waals surface area contributed by atoms with Crippen molar-refractivity contribution in [3.8, 4) is 5.75 Å². The van der Waals surface area contributed by atoms with Gasteiger partial charge in [0.15, 0.2) is 5.82 Å². The minimum absolute atomic E-state index is 0.120. The molecule has 1 N–H and O–H groups in total. The van der Waals surface area contributed by atoms with Crippen molar-refractivity contribution in [3.05, 3.63) is 41.5 Å². The molecule has 2 aliphatic rings. The maximum absolute atomic E-state index is 13.0. The Balaban J connectivity index is 1.64. The largest absolute Gasteiger partial charge is 0.495 e. The Hall–Kier alpha value is -2.87. The molecular formula is C20H24N4O4. The van der Waals surface area contributed by atoms with Crippen LogP contribution >= 0.6 is 0 Å². The predicted octanol–water partition coefficient (Wildman–Crippen LogP) is 1.95. The molecule has 0 aliphatic carbocycles. The monoisotopic (exact) mass is 384 g/mol. The molecule has 28 heavy (non-hydrogen) atoms. The third-order valence-electron chi connectivity index (χ3n) is 5.18. The van der Waals surface area contributed by atoms with Crippen molar-refractivity contribution >= 4 is 17.5 Å². The zero-order chi connectivity index (χ0) is 19.5. The first-order chi connectivity index (χ1) is 13.7. The Morgan fingerprint density at radius 3 is 2.71 bits per heavy atom. The highest BCUT2D eigenvalue weighted by Crippen LogP contribution is 2.26. The maximum atomic E-state index is 13.0. The number of imidazole rings is 1. The number of benzene rings is 1. The minimum Gasteiger partial charge on any atom is -0.495 e. The van der Waals surface area contributed by atoms with E-state index >= 15 is 0 Å². The molecule has 148 valence electrons. The zero-order valence-corrected chi connectivity index (χ0v) is 15.9. The number of morpholine rings is 1. The molecule has 2 amide bonds. The summed E-state index contributed by atoms with van der Waals surface area (Å²) in [5.74, 6) is 0.391. The Morgan fingerprint density at radius 2 is 1.93 bits per heavy atom. The molecule has 1 fully saturated rings. The lowest BCUT2D eigenvalue weighted by Gasteiger charge is -2.26. The second-order valence-electron chi connectivity index (χ2n) is 6.90. The van der Waals surface area contributed by atoms with Crippen molar-refractivity contribution in [3.63, 3.8) is 0 Å². The average molecular weight is 384 g/mol. The van der Waals surface area contributed by atoms with Crippen LogP contribution in [0.3, 0.4) is 0 Å². The number of nitrogens with zero attached hydrogens (tertiary/aromatic N) is 3. The van der Waals surface area contributed by atoms with Gasteiger partial charge in [0.25, 0.3) is 11.8 Å². The van der Waals surface area contributed by atoms with Crippen LogP contribution in [0.25, 0.3) is 0 Å². The lowest BCUT2D eigenvalue weighted by Crippen LogP contribution is -2.41. The number of amides is 2. The van der Waals surface area contributed by atoms with Crippen molar-refractivity contribution in [2.45, 2.75) is 25.8 Å². The van der Waals surface area contributed by atoms with Crippen LogP contribution < -0.4 is 10.1 Å². The number of nitrogens with one attached hydrogen (secondary N) is 1. The molecular weight excluding hydrogens is 360 g/mol. The summed E-state index contributed by atoms with van der Waals surface area (Å²) in [5.41, 5.74) is 1.82. The van der Waals surface area contributed by atoms with Gasteiger partial charge in [-0.3, -0.25) is 9.59 Å². The van der Waals surface area contributed by atoms with Crippen LogP contribution in [0, 0.1) is 0 Å². The Kier molecular flexibility index (Phi) is 5.29. The van der Waals surface area contributed by atoms with Crippen molar-refractivity contribution in [2.24, 2.45) is 0 Å². The molecule has 0 atom stereocenters. The first-order valence-electron chi connectivity index (χ1n) is 9.60. The molecule has 0 radical (unpaired) electrons. The topological polar surface area (TPSA) is 85.7 Å². The number of fused-ring (bicyclic) bond motifs is 1. The lowest BCUT2D eigenvalue weighted by molar-refractivity contribution is 0.0298. The Morgan fingerprint density at radius 1 is 1.14 bits per heavy atom. The summed E-state index contributed by atoms with van der Waals surface area (Å²) in [6.45, 7) is 2.85. The van der Waals surface area contributed by atoms with Crippen LogP contribution in [-0.2, 0) is 17.7 Å². The second kappa shape index (κ2) is 8.02. The van der Waals surface area contributed by atoms with Gasteiger partial charge in [-0.2, -0.15) is 0 Å². The summed E-state index contributed by atoms with van der Waals surface area (Å²) in [4.78, 5) is 32.2. The van der Waals surface area contributed by atoms with Crippen molar-refractivity contribution in [1.82, 2.24) is 14.5 Å². The van der Waals surface area contributed by atoms with E-state index in [2.05, 4.69) is 10.3 Å². The van der Waals surface area contributed by atoms with Crippen molar-refractivity contribution in [1.29, 1.82) is 0 Å². The number of aromatic nitrogens is 2. The lowest BCUT2D eigenvalue weighted by atomic mass is 10.1. The van der Waals surface area contributed by atoms with Crippen LogP contribution in [0.15, 0.2) is 24.3 Å². The molecule has 8 nitrogen and oxygen atoms in total. The molecule has 0 saturated carbocycles. The molecule has 1 aromatic heterocycles. The summed E-state index contributed by atoms with van der Waals surface area (Å²) in [6.07, 6.45) is 2.70. The summed E-state index contributed by atoms with van der Waals surface area (Å²) >= 11 is 0. The van der Waals surface area contributed by atoms with Gasteiger partial charge < -0.3 is 24.3 Å². The van der Waals surface area contributed by atoms with E-state index in [1.807, 2.05) is 16.7 Å². The molecule has 4 rings (SSSR count). The smallest absolute Gasteiger partial charge is 0.291 e. The summed E-state index contributed by atoms with van der Waals surface area (Å²) in [5, 5.41) is 2.87. The Labute approximate surface area is 163 Å². The molecule has 2 aliphatic heterocycles. The summed E-state index contributed by atoms with van der Waals surface area (Å²) in [7, 11) is 1.56. The second-order valence-corrected chi connectivity index (χ2v) is 6.90. The fourth-order valence-corrected chi connectivity index (χ4v) is 3.73. The number of carbonyl (C=O) groups excluding carboxylic acids is 2. The van der Waals surface area contributed by atoms with Gasteiger partial charge in [-0.05, 0) is 31.4 Å². The number of ether oxygens (including phenoxy) is 2. The molecule has 3 heterocycles. The van der Waals surface area contributed by atoms with Gasteiger partial charge in [-0.25, -0.2) is 4.98 Å². The predicted molar refractivity (Wildman–Crippen MR) is 103 cm³/mol. The standard InChI is InChI=1S/C20H24N4O4/c1-27-16-8-3-2-6-14(16)21-19(25)18-22-17(15-7-4-5-9-24(15)18)20(26)23-10-12-28-13-11-23/h2-3,6,8H,4-5,7,9-13H2,1H3,(H,21,25). The van der Waals surface area contributed by atoms with Crippen LogP contribution in [-0.4, -0.2) is 59.7 Å². The van der Waals surface area contributed by atoms with Gasteiger partial charge in [-0.1, -0.05) is 12.1 Å². The van der Waals surface area contributed by atoms with E-state index in [9.17, 15) is 9.59 Å². The van der Waals surface area contributed by atoms with Crippen molar-refractivity contribution in [2.75, 3.05) is 38.7 Å². The molecule has 2 aromatic rings. The fraction of sp³-hybridized carbons (Fsp3) is 0.450. The van der Waals surface area contributed by atoms with Crippen LogP contribution in [0.1, 0.15) is 39.6 Å². The normalized spacial score (nSPS) is 16.4. The van der Waals surface area contributed by atoms with Gasteiger partial charge in [0.2, 0.25) is 0 Å². The van der Waals surface area contributed by atoms with E-state index in [1.54, 1.807) is 24.1 Å². The van der Waals surface area contributed by atoms with E-state index in [4.69, 9.17) is 9.47 Å². The van der Waals surface area contributed by atoms with Crippen LogP contribution in [0.4, 0.5) is 5.69 Å². The molecule has 1 aromatic carbocycles. The quantitative estimate of drug-likeness (QED) is 0.871. The zero-order valence-electron chi connectivity index (χ0n) is 15.9. The molecule has 1 saturated heterocycles. The van der Waals surface area contributed by atoms with Gasteiger partial charge in [-0.15, -0.1) is 0 Å². The molecule has 8 heteroatoms. The van der Waals surface area contributed by atoms with E-state index < -0.39 is 0 Å². The van der Waals surface area contributed by atoms with Gasteiger partial charge in [0.1, 0.15) is 11.4 Å². The fourth-order valence-electron chi connectivity index (χ4n) is 3.73. The highest BCUT2D eigenvalue weighted by Gasteiger charge is 2.30. The summed E-state index contributed by atoms with van der Waals surface area (Å²) < 4.78 is 12.5. The minimum atomic E-state index is -0.339. The number of para-hydroxylation sites is 2. The third-order valence-corrected chi connectivity index (χ3v) is 5.18. The van der Waals surface area contributed by atoms with Crippen LogP contribution in [0.2, 0.25) is 0 Å². The number of hydrogen-bond acceptors (Lipinski definition) is 5. The third kappa shape index (κ3) is 3.47. The average Bonchev–Trinajstić information content (AvgIpc) is 3.14. The highest BCUT2D eigenvalue weighted by molar-refractivity contribution is 6.04. The maximum Gasteiger partial charge on any atom is 0.291 e. The van der Waals surface area contributed by atoms with Crippen LogP contribution in [0.5, 0.6) is 5.75 Å². The van der Waals surface area contributed by atoms with E-state index in [-0.39, 0.29) is 17.6 Å². The van der Waals surface area contributed by atoms with Gasteiger partial charge >= 0.3 is 0 Å². The number of hydrogen-bond donors (Lipinski definition) is 1. The SMILES string of the molecule is COc1ccccc1NC(=O)c1nc(C(=O)N2CCOCC2)c2n1CCCC2. The van der Waals surface area contributed by atoms with Gasteiger partial charge in [0, 0.05) is 19.6 Å². The van der Waals surface area contributed by atoms with E-state index in [0.29, 0.717) is 50.0 Å². The van der Waals surface area contributed by atoms with Crippen molar-refractivity contribution < 1.29 is 19.1 Å². The Bertz CT molecular complexity index is 886. The highest BCUT2D eigenvalue weighted by atomic mass is 16.5. The number of carbonyl (C=O) groups is 2.